The average Bonchev–Trinajstić information content (AvgIpc) is 2.58. The zero-order valence-corrected chi connectivity index (χ0v) is 13.0. The monoisotopic (exact) mass is 363 g/mol. The Bertz CT molecular complexity index is 622. The summed E-state index contributed by atoms with van der Waals surface area (Å²) >= 11 is 0. The zero-order chi connectivity index (χ0) is 18.4. The van der Waals surface area contributed by atoms with Crippen molar-refractivity contribution < 1.29 is 42.1 Å². The number of hydrogen-bond acceptors (Lipinski definition) is 5. The molecule has 0 unspecified atom stereocenters. The fraction of sp³-hybridized carbons (Fsp3) is 0.467. The Kier molecular flexibility index (Phi) is 6.07. The van der Waals surface area contributed by atoms with E-state index in [-0.39, 0.29) is 31.2 Å². The molecule has 1 N–H and O–H groups in total. The van der Waals surface area contributed by atoms with Crippen LogP contribution in [-0.4, -0.2) is 67.1 Å². The number of nitrogens with zero attached hydrogens (tertiary/aromatic N) is 1. The Morgan fingerprint density at radius 2 is 1.88 bits per heavy atom. The maximum Gasteiger partial charge on any atom is 0.422 e. The minimum absolute atomic E-state index is 0.0110. The lowest BCUT2D eigenvalue weighted by Crippen LogP contribution is -2.49. The maximum absolute atomic E-state index is 12.2. The first-order valence-corrected chi connectivity index (χ1v) is 7.30. The second-order valence-corrected chi connectivity index (χ2v) is 5.18. The fourth-order valence-corrected chi connectivity index (χ4v) is 2.10. The van der Waals surface area contributed by atoms with Crippen molar-refractivity contribution in [2.75, 3.05) is 32.9 Å². The van der Waals surface area contributed by atoms with Crippen LogP contribution in [-0.2, 0) is 14.3 Å². The van der Waals surface area contributed by atoms with Gasteiger partial charge >= 0.3 is 12.1 Å². The largest absolute Gasteiger partial charge is 0.480 e. The molecule has 1 atom stereocenters. The second-order valence-electron chi connectivity index (χ2n) is 5.18. The molecule has 0 aliphatic carbocycles. The molecular weight excluding hydrogens is 347 g/mol. The van der Waals surface area contributed by atoms with Gasteiger partial charge in [-0.15, -0.1) is 0 Å². The van der Waals surface area contributed by atoms with E-state index in [2.05, 4.69) is 4.74 Å². The fourth-order valence-electron chi connectivity index (χ4n) is 2.10. The van der Waals surface area contributed by atoms with Crippen molar-refractivity contribution in [3.63, 3.8) is 0 Å². The summed E-state index contributed by atoms with van der Waals surface area (Å²) in [5, 5.41) is 8.90. The van der Waals surface area contributed by atoms with Gasteiger partial charge < -0.3 is 24.2 Å². The van der Waals surface area contributed by atoms with Gasteiger partial charge in [0.25, 0.3) is 5.91 Å². The highest BCUT2D eigenvalue weighted by Gasteiger charge is 2.30. The molecule has 1 aliphatic rings. The standard InChI is InChI=1S/C15H16F3NO6/c16-15(17,18)9-25-11-4-2-1-3-10(11)24-8-13(20)19-5-6-23-12(7-19)14(21)22/h1-4,12H,5-9H2,(H,21,22)/t12-/m1/s1. The number of carbonyl (C=O) groups excluding carboxylic acids is 1. The van der Waals surface area contributed by atoms with Gasteiger partial charge in [-0.05, 0) is 12.1 Å². The zero-order valence-electron chi connectivity index (χ0n) is 13.0. The van der Waals surface area contributed by atoms with Crippen LogP contribution < -0.4 is 9.47 Å². The number of rotatable bonds is 6. The predicted molar refractivity (Wildman–Crippen MR) is 77.4 cm³/mol. The van der Waals surface area contributed by atoms with Gasteiger partial charge in [0.2, 0.25) is 0 Å². The Balaban J connectivity index is 1.92. The number of aliphatic carboxylic acids is 1. The van der Waals surface area contributed by atoms with Crippen molar-refractivity contribution in [2.24, 2.45) is 0 Å². The average molecular weight is 363 g/mol. The Morgan fingerprint density at radius 3 is 2.48 bits per heavy atom. The van der Waals surface area contributed by atoms with Crippen LogP contribution in [0.1, 0.15) is 0 Å². The molecule has 1 aliphatic heterocycles. The molecule has 1 amide bonds. The predicted octanol–water partition coefficient (Wildman–Crippen LogP) is 1.32. The number of alkyl halides is 3. The SMILES string of the molecule is O=C(O)[C@H]1CN(C(=O)COc2ccccc2OCC(F)(F)F)CCO1. The Hall–Kier alpha value is -2.49. The number of benzene rings is 1. The highest BCUT2D eigenvalue weighted by Crippen LogP contribution is 2.28. The smallest absolute Gasteiger partial charge is 0.422 e. The van der Waals surface area contributed by atoms with E-state index in [0.717, 1.165) is 0 Å². The van der Waals surface area contributed by atoms with Crippen LogP contribution in [0, 0.1) is 0 Å². The third-order valence-corrected chi connectivity index (χ3v) is 3.29. The van der Waals surface area contributed by atoms with E-state index in [1.54, 1.807) is 0 Å². The van der Waals surface area contributed by atoms with Crippen LogP contribution >= 0.6 is 0 Å². The number of carboxylic acids is 1. The molecule has 2 rings (SSSR count). The van der Waals surface area contributed by atoms with Crippen molar-refractivity contribution >= 4 is 11.9 Å². The first-order chi connectivity index (χ1) is 11.8. The summed E-state index contributed by atoms with van der Waals surface area (Å²) in [7, 11) is 0. The third kappa shape index (κ3) is 5.82. The van der Waals surface area contributed by atoms with E-state index >= 15 is 0 Å². The van der Waals surface area contributed by atoms with Gasteiger partial charge in [-0.1, -0.05) is 12.1 Å². The van der Waals surface area contributed by atoms with Crippen molar-refractivity contribution in [3.8, 4) is 11.5 Å². The minimum Gasteiger partial charge on any atom is -0.480 e. The topological polar surface area (TPSA) is 85.3 Å². The summed E-state index contributed by atoms with van der Waals surface area (Å²) in [6.45, 7) is -1.78. The molecule has 1 heterocycles. The summed E-state index contributed by atoms with van der Waals surface area (Å²) in [6, 6.07) is 5.66. The molecule has 0 radical (unpaired) electrons. The van der Waals surface area contributed by atoms with Crippen LogP contribution in [0.5, 0.6) is 11.5 Å². The molecule has 1 saturated heterocycles. The van der Waals surface area contributed by atoms with Crippen molar-refractivity contribution in [2.45, 2.75) is 12.3 Å². The summed E-state index contributed by atoms with van der Waals surface area (Å²) in [5.41, 5.74) is 0. The van der Waals surface area contributed by atoms with Crippen molar-refractivity contribution in [3.05, 3.63) is 24.3 Å². The van der Waals surface area contributed by atoms with E-state index in [9.17, 15) is 22.8 Å². The van der Waals surface area contributed by atoms with Crippen LogP contribution in [0.25, 0.3) is 0 Å². The number of carboxylic acid groups (broad SMARTS) is 1. The summed E-state index contributed by atoms with van der Waals surface area (Å²) in [6.07, 6.45) is -5.61. The number of morpholine rings is 1. The van der Waals surface area contributed by atoms with E-state index < -0.39 is 37.4 Å². The highest BCUT2D eigenvalue weighted by molar-refractivity contribution is 5.80. The lowest BCUT2D eigenvalue weighted by Gasteiger charge is -2.30. The summed E-state index contributed by atoms with van der Waals surface area (Å²) in [5.74, 6) is -1.83. The van der Waals surface area contributed by atoms with Gasteiger partial charge in [0.05, 0.1) is 13.2 Å². The van der Waals surface area contributed by atoms with Gasteiger partial charge in [0.15, 0.2) is 30.8 Å². The van der Waals surface area contributed by atoms with Gasteiger partial charge in [-0.25, -0.2) is 4.79 Å². The van der Waals surface area contributed by atoms with Crippen LogP contribution in [0.3, 0.4) is 0 Å². The molecular formula is C15H16F3NO6. The van der Waals surface area contributed by atoms with Crippen LogP contribution in [0.4, 0.5) is 13.2 Å². The molecule has 1 fully saturated rings. The van der Waals surface area contributed by atoms with E-state index in [1.807, 2.05) is 0 Å². The lowest BCUT2D eigenvalue weighted by molar-refractivity contribution is -0.160. The normalized spacial score (nSPS) is 17.9. The van der Waals surface area contributed by atoms with E-state index in [0.29, 0.717) is 0 Å². The Morgan fingerprint density at radius 1 is 1.24 bits per heavy atom. The number of ether oxygens (including phenoxy) is 3. The van der Waals surface area contributed by atoms with Gasteiger partial charge in [0, 0.05) is 6.54 Å². The number of para-hydroxylation sites is 2. The number of amides is 1. The maximum atomic E-state index is 12.2. The number of carbonyl (C=O) groups is 2. The first-order valence-electron chi connectivity index (χ1n) is 7.30. The second kappa shape index (κ2) is 8.06. The molecule has 10 heteroatoms. The molecule has 0 saturated carbocycles. The van der Waals surface area contributed by atoms with Crippen molar-refractivity contribution in [1.82, 2.24) is 4.90 Å². The molecule has 1 aromatic rings. The van der Waals surface area contributed by atoms with Crippen LogP contribution in [0.2, 0.25) is 0 Å². The van der Waals surface area contributed by atoms with Crippen molar-refractivity contribution in [1.29, 1.82) is 0 Å². The third-order valence-electron chi connectivity index (χ3n) is 3.29. The summed E-state index contributed by atoms with van der Waals surface area (Å²) in [4.78, 5) is 24.3. The highest BCUT2D eigenvalue weighted by atomic mass is 19.4. The molecule has 0 aromatic heterocycles. The van der Waals surface area contributed by atoms with E-state index in [1.165, 1.54) is 29.2 Å². The summed E-state index contributed by atoms with van der Waals surface area (Å²) < 4.78 is 51.6. The van der Waals surface area contributed by atoms with E-state index in [4.69, 9.17) is 14.6 Å². The molecule has 0 bridgehead atoms. The minimum atomic E-state index is -4.50. The lowest BCUT2D eigenvalue weighted by atomic mass is 10.2. The molecule has 138 valence electrons. The molecule has 1 aromatic carbocycles. The number of hydrogen-bond donors (Lipinski definition) is 1. The van der Waals surface area contributed by atoms with Gasteiger partial charge in [-0.3, -0.25) is 4.79 Å². The number of halogens is 3. The molecule has 25 heavy (non-hydrogen) atoms. The first kappa shape index (κ1) is 18.8. The Labute approximate surface area is 140 Å². The van der Waals surface area contributed by atoms with Gasteiger partial charge in [-0.2, -0.15) is 13.2 Å². The van der Waals surface area contributed by atoms with Crippen LogP contribution in [0.15, 0.2) is 24.3 Å². The molecule has 0 spiro atoms. The van der Waals surface area contributed by atoms with Gasteiger partial charge in [0.1, 0.15) is 0 Å². The quantitative estimate of drug-likeness (QED) is 0.821. The molecule has 7 nitrogen and oxygen atoms in total.